The molecule has 2 saturated heterocycles. The van der Waals surface area contributed by atoms with Crippen LogP contribution in [0.25, 0.3) is 0 Å². The fourth-order valence-electron chi connectivity index (χ4n) is 4.01. The molecule has 28 heavy (non-hydrogen) atoms. The largest absolute Gasteiger partial charge is 0.370 e. The maximum atomic E-state index is 6.06. The molecule has 0 spiro atoms. The number of halogens is 1. The number of likely N-dealkylation sites (tertiary alicyclic amines) is 1. The Kier molecular flexibility index (Phi) is 9.98. The third-order valence-corrected chi connectivity index (χ3v) is 5.88. The highest BCUT2D eigenvalue weighted by Gasteiger charge is 2.22. The Bertz CT molecular complexity index is 597. The first-order chi connectivity index (χ1) is 13.1. The molecule has 6 nitrogen and oxygen atoms in total. The van der Waals surface area contributed by atoms with E-state index in [2.05, 4.69) is 63.2 Å². The summed E-state index contributed by atoms with van der Waals surface area (Å²) in [6.45, 7) is 11.8. The second-order valence-corrected chi connectivity index (χ2v) is 7.90. The summed E-state index contributed by atoms with van der Waals surface area (Å²) in [5.74, 6) is 0.555. The monoisotopic (exact) mass is 500 g/mol. The van der Waals surface area contributed by atoms with E-state index < -0.39 is 0 Å². The van der Waals surface area contributed by atoms with Gasteiger partial charge in [0.05, 0.1) is 6.54 Å². The highest BCUT2D eigenvalue weighted by molar-refractivity contribution is 14.0. The van der Waals surface area contributed by atoms with Gasteiger partial charge in [-0.05, 0) is 44.1 Å². The fraction of sp³-hybridized carbons (Fsp3) is 0.667. The number of rotatable bonds is 7. The Morgan fingerprint density at radius 3 is 2.46 bits per heavy atom. The zero-order chi connectivity index (χ0) is 19.1. The minimum Gasteiger partial charge on any atom is -0.370 e. The third kappa shape index (κ3) is 7.17. The van der Waals surface area contributed by atoms with Crippen LogP contribution in [0.4, 0.5) is 0 Å². The topological polar surface area (TPSA) is 60.1 Å². The molecule has 2 aliphatic heterocycles. The van der Waals surface area contributed by atoms with Crippen LogP contribution in [0, 0.1) is 0 Å². The van der Waals surface area contributed by atoms with Crippen LogP contribution in [0.15, 0.2) is 29.3 Å². The van der Waals surface area contributed by atoms with Crippen LogP contribution in [0.1, 0.15) is 30.9 Å². The lowest BCUT2D eigenvalue weighted by atomic mass is 10.1. The summed E-state index contributed by atoms with van der Waals surface area (Å²) in [6.07, 6.45) is 2.54. The molecule has 3 rings (SSSR count). The molecule has 2 heterocycles. The van der Waals surface area contributed by atoms with Crippen LogP contribution in [0.5, 0.6) is 0 Å². The van der Waals surface area contributed by atoms with Crippen molar-refractivity contribution in [2.24, 2.45) is 10.7 Å². The fourth-order valence-corrected chi connectivity index (χ4v) is 4.01. The van der Waals surface area contributed by atoms with E-state index in [4.69, 9.17) is 5.73 Å². The summed E-state index contributed by atoms with van der Waals surface area (Å²) >= 11 is 0. The molecule has 1 aromatic rings. The van der Waals surface area contributed by atoms with Gasteiger partial charge in [0.25, 0.3) is 0 Å². The van der Waals surface area contributed by atoms with Crippen molar-refractivity contribution in [1.29, 1.82) is 0 Å². The lowest BCUT2D eigenvalue weighted by molar-refractivity contribution is 0.148. The Labute approximate surface area is 187 Å². The predicted molar refractivity (Wildman–Crippen MR) is 128 cm³/mol. The maximum Gasteiger partial charge on any atom is 0.188 e. The predicted octanol–water partition coefficient (Wildman–Crippen LogP) is 1.94. The summed E-state index contributed by atoms with van der Waals surface area (Å²) < 4.78 is 0. The average molecular weight is 500 g/mol. The highest BCUT2D eigenvalue weighted by Crippen LogP contribution is 2.15. The number of hydrogen-bond donors (Lipinski definition) is 2. The molecule has 1 unspecified atom stereocenters. The zero-order valence-corrected chi connectivity index (χ0v) is 19.8. The van der Waals surface area contributed by atoms with Gasteiger partial charge in [-0.15, -0.1) is 24.0 Å². The maximum absolute atomic E-state index is 6.06. The molecule has 0 bridgehead atoms. The first kappa shape index (κ1) is 23.4. The van der Waals surface area contributed by atoms with Crippen molar-refractivity contribution in [2.45, 2.75) is 38.9 Å². The summed E-state index contributed by atoms with van der Waals surface area (Å²) in [5.41, 5.74) is 8.64. The Balaban J connectivity index is 0.00000280. The van der Waals surface area contributed by atoms with Crippen molar-refractivity contribution in [3.63, 3.8) is 0 Å². The van der Waals surface area contributed by atoms with Crippen LogP contribution in [0.2, 0.25) is 0 Å². The number of guanidine groups is 1. The Hall–Kier alpha value is -0.900. The van der Waals surface area contributed by atoms with Gasteiger partial charge in [-0.1, -0.05) is 31.2 Å². The van der Waals surface area contributed by atoms with Crippen LogP contribution in [-0.4, -0.2) is 79.6 Å². The standard InChI is InChI=1S/C21H36N6.HI/c1-3-27-10-4-5-20(27)16-24-21(22)23-15-18-6-8-19(9-7-18)17-26-13-11-25(2)12-14-26;/h6-9,20H,3-5,10-17H2,1-2H3,(H3,22,23,24);1H. The van der Waals surface area contributed by atoms with E-state index in [0.717, 1.165) is 45.8 Å². The molecule has 2 aliphatic rings. The summed E-state index contributed by atoms with van der Waals surface area (Å²) in [5, 5.41) is 3.30. The van der Waals surface area contributed by atoms with E-state index in [9.17, 15) is 0 Å². The molecular weight excluding hydrogens is 463 g/mol. The molecule has 3 N–H and O–H groups in total. The smallest absolute Gasteiger partial charge is 0.188 e. The van der Waals surface area contributed by atoms with E-state index in [1.165, 1.54) is 30.5 Å². The summed E-state index contributed by atoms with van der Waals surface area (Å²) in [4.78, 5) is 11.9. The average Bonchev–Trinajstić information content (AvgIpc) is 3.15. The number of hydrogen-bond acceptors (Lipinski definition) is 4. The molecule has 158 valence electrons. The van der Waals surface area contributed by atoms with Crippen LogP contribution in [0.3, 0.4) is 0 Å². The number of aliphatic imine (C=N–C) groups is 1. The van der Waals surface area contributed by atoms with Crippen molar-refractivity contribution < 1.29 is 0 Å². The molecule has 0 amide bonds. The highest BCUT2D eigenvalue weighted by atomic mass is 127. The first-order valence-electron chi connectivity index (χ1n) is 10.4. The van der Waals surface area contributed by atoms with Gasteiger partial charge >= 0.3 is 0 Å². The van der Waals surface area contributed by atoms with Crippen LogP contribution in [-0.2, 0) is 13.1 Å². The van der Waals surface area contributed by atoms with E-state index in [1.54, 1.807) is 0 Å². The Morgan fingerprint density at radius 2 is 1.79 bits per heavy atom. The molecule has 1 atom stereocenters. The molecule has 1 aromatic carbocycles. The van der Waals surface area contributed by atoms with Gasteiger partial charge in [0, 0.05) is 45.3 Å². The minimum absolute atomic E-state index is 0. The number of benzene rings is 1. The molecule has 0 saturated carbocycles. The van der Waals surface area contributed by atoms with Crippen LogP contribution >= 0.6 is 24.0 Å². The van der Waals surface area contributed by atoms with Gasteiger partial charge in [0.1, 0.15) is 0 Å². The van der Waals surface area contributed by atoms with Crippen molar-refractivity contribution in [3.05, 3.63) is 35.4 Å². The molecule has 7 heteroatoms. The second kappa shape index (κ2) is 11.9. The number of likely N-dealkylation sites (N-methyl/N-ethyl adjacent to an activating group) is 2. The summed E-state index contributed by atoms with van der Waals surface area (Å²) in [7, 11) is 2.20. The molecule has 0 radical (unpaired) electrons. The van der Waals surface area contributed by atoms with E-state index in [1.807, 2.05) is 0 Å². The zero-order valence-electron chi connectivity index (χ0n) is 17.4. The van der Waals surface area contributed by atoms with E-state index in [0.29, 0.717) is 18.5 Å². The number of nitrogens with zero attached hydrogens (tertiary/aromatic N) is 4. The third-order valence-electron chi connectivity index (χ3n) is 5.88. The van der Waals surface area contributed by atoms with Crippen LogP contribution < -0.4 is 11.1 Å². The van der Waals surface area contributed by atoms with Gasteiger partial charge in [0.15, 0.2) is 5.96 Å². The van der Waals surface area contributed by atoms with Crippen molar-refractivity contribution >= 4 is 29.9 Å². The number of piperazine rings is 1. The summed E-state index contributed by atoms with van der Waals surface area (Å²) in [6, 6.07) is 9.41. The van der Waals surface area contributed by atoms with E-state index >= 15 is 0 Å². The second-order valence-electron chi connectivity index (χ2n) is 7.90. The molecular formula is C21H37IN6. The van der Waals surface area contributed by atoms with Crippen molar-refractivity contribution in [2.75, 3.05) is 52.9 Å². The van der Waals surface area contributed by atoms with Gasteiger partial charge in [-0.2, -0.15) is 0 Å². The van der Waals surface area contributed by atoms with Gasteiger partial charge in [-0.3, -0.25) is 9.80 Å². The van der Waals surface area contributed by atoms with Crippen molar-refractivity contribution in [1.82, 2.24) is 20.0 Å². The number of nitrogens with one attached hydrogen (secondary N) is 1. The Morgan fingerprint density at radius 1 is 1.11 bits per heavy atom. The molecule has 2 fully saturated rings. The van der Waals surface area contributed by atoms with E-state index in [-0.39, 0.29) is 24.0 Å². The van der Waals surface area contributed by atoms with Gasteiger partial charge < -0.3 is 16.0 Å². The SMILES string of the molecule is CCN1CCCC1CNC(N)=NCc1ccc(CN2CCN(C)CC2)cc1.I. The quantitative estimate of drug-likeness (QED) is 0.341. The normalized spacial score (nSPS) is 22.2. The minimum atomic E-state index is 0. The lowest BCUT2D eigenvalue weighted by Gasteiger charge is -2.32. The van der Waals surface area contributed by atoms with Crippen molar-refractivity contribution in [3.8, 4) is 0 Å². The molecule has 0 aliphatic carbocycles. The lowest BCUT2D eigenvalue weighted by Crippen LogP contribution is -2.43. The molecule has 0 aromatic heterocycles. The number of nitrogens with two attached hydrogens (primary N) is 1. The van der Waals surface area contributed by atoms with Gasteiger partial charge in [0.2, 0.25) is 0 Å². The first-order valence-corrected chi connectivity index (χ1v) is 10.4. The van der Waals surface area contributed by atoms with Gasteiger partial charge in [-0.25, -0.2) is 4.99 Å².